The number of aliphatic hydroxyl groups excluding tert-OH is 1. The quantitative estimate of drug-likeness (QED) is 0.0701. The Hall–Kier alpha value is -4.59. The molecule has 3 rings (SSSR count). The Balaban J connectivity index is 0.000000474. The highest BCUT2D eigenvalue weighted by Gasteiger charge is 2.47. The van der Waals surface area contributed by atoms with Crippen molar-refractivity contribution in [2.24, 2.45) is 35.5 Å². The van der Waals surface area contributed by atoms with Crippen LogP contribution >= 0.6 is 0 Å². The SMILES string of the molecule is [C-]#[N+]C(C#N)(CCC(F)(F)F)C[C@H]1CCC[C@@H](C(=O)OCC)C1.[C-]#[N+]C(C#N)(CCC(F)(F)F)C[C@H]1CCC[C@@H](C=O)C1.[C-]#[N+]C(C#N)(CCC(F)(F)F)C[C@H]1CCC[C@@H](CO)C1. The Morgan fingerprint density at radius 1 is 0.619 bits per heavy atom. The zero-order valence-corrected chi connectivity index (χ0v) is 35.6. The molecular weight excluding hydrogens is 848 g/mol. The zero-order chi connectivity index (χ0) is 48.0. The maximum atomic E-state index is 12.4. The number of nitrogens with zero attached hydrogens (tertiary/aromatic N) is 6. The van der Waals surface area contributed by atoms with Crippen molar-refractivity contribution in [1.82, 2.24) is 0 Å². The van der Waals surface area contributed by atoms with E-state index >= 15 is 0 Å². The topological polar surface area (TPSA) is 148 Å². The molecular formula is C44H57F9N6O4. The van der Waals surface area contributed by atoms with Crippen LogP contribution in [0.2, 0.25) is 0 Å². The van der Waals surface area contributed by atoms with Crippen molar-refractivity contribution >= 4 is 12.3 Å². The van der Waals surface area contributed by atoms with Gasteiger partial charge in [0, 0.05) is 51.0 Å². The Kier molecular flexibility index (Phi) is 23.5. The molecule has 0 spiro atoms. The van der Waals surface area contributed by atoms with Gasteiger partial charge in [0.05, 0.1) is 31.8 Å². The number of alkyl halides is 9. The van der Waals surface area contributed by atoms with E-state index in [0.717, 1.165) is 57.7 Å². The van der Waals surface area contributed by atoms with Crippen molar-refractivity contribution in [2.45, 2.75) is 177 Å². The van der Waals surface area contributed by atoms with Crippen LogP contribution in [0, 0.1) is 89.2 Å². The molecule has 19 heteroatoms. The van der Waals surface area contributed by atoms with Crippen LogP contribution in [-0.4, -0.2) is 65.7 Å². The molecule has 350 valence electrons. The summed E-state index contributed by atoms with van der Waals surface area (Å²) in [5.41, 5.74) is -4.83. The molecule has 3 aliphatic carbocycles. The Labute approximate surface area is 364 Å². The number of esters is 1. The van der Waals surface area contributed by atoms with Crippen molar-refractivity contribution < 1.29 is 58.9 Å². The van der Waals surface area contributed by atoms with Crippen molar-refractivity contribution in [3.05, 3.63) is 34.3 Å². The normalized spacial score (nSPS) is 25.4. The summed E-state index contributed by atoms with van der Waals surface area (Å²) >= 11 is 0. The molecule has 3 aliphatic rings. The van der Waals surface area contributed by atoms with Gasteiger partial charge >= 0.3 is 41.1 Å². The first kappa shape index (κ1) is 56.4. The number of hydrogen-bond acceptors (Lipinski definition) is 7. The van der Waals surface area contributed by atoms with Crippen LogP contribution in [0.25, 0.3) is 14.5 Å². The van der Waals surface area contributed by atoms with Crippen LogP contribution in [0.4, 0.5) is 39.5 Å². The minimum absolute atomic E-state index is 0.0130. The smallest absolute Gasteiger partial charge is 0.389 e. The lowest BCUT2D eigenvalue weighted by Crippen LogP contribution is -2.32. The first-order chi connectivity index (χ1) is 29.4. The second-order valence-corrected chi connectivity index (χ2v) is 17.2. The third-order valence-electron chi connectivity index (χ3n) is 12.2. The predicted octanol–water partition coefficient (Wildman–Crippen LogP) is 11.9. The summed E-state index contributed by atoms with van der Waals surface area (Å²) in [6, 6.07) is 5.36. The molecule has 0 aliphatic heterocycles. The monoisotopic (exact) mass is 904 g/mol. The zero-order valence-electron chi connectivity index (χ0n) is 35.6. The minimum atomic E-state index is -4.38. The van der Waals surface area contributed by atoms with Gasteiger partial charge in [-0.2, -0.15) is 55.3 Å². The van der Waals surface area contributed by atoms with Gasteiger partial charge in [-0.1, -0.05) is 38.5 Å². The highest BCUT2D eigenvalue weighted by atomic mass is 19.4. The summed E-state index contributed by atoms with van der Waals surface area (Å²) in [6.07, 6.45) is -7.70. The van der Waals surface area contributed by atoms with Crippen molar-refractivity contribution in [3.8, 4) is 18.2 Å². The number of carbonyl (C=O) groups excluding carboxylic acids is 2. The van der Waals surface area contributed by atoms with Crippen LogP contribution in [0.3, 0.4) is 0 Å². The van der Waals surface area contributed by atoms with E-state index in [1.165, 1.54) is 0 Å². The van der Waals surface area contributed by atoms with Gasteiger partial charge in [-0.25, -0.2) is 19.7 Å². The van der Waals surface area contributed by atoms with E-state index in [0.29, 0.717) is 25.7 Å². The molecule has 3 unspecified atom stereocenters. The number of aliphatic hydroxyl groups is 1. The lowest BCUT2D eigenvalue weighted by molar-refractivity contribution is -0.149. The van der Waals surface area contributed by atoms with Gasteiger partial charge < -0.3 is 14.6 Å². The van der Waals surface area contributed by atoms with E-state index in [1.807, 2.05) is 0 Å². The maximum absolute atomic E-state index is 12.4. The summed E-state index contributed by atoms with van der Waals surface area (Å²) in [5.74, 6) is -0.558. The summed E-state index contributed by atoms with van der Waals surface area (Å²) in [5, 5.41) is 36.7. The lowest BCUT2D eigenvalue weighted by Gasteiger charge is -2.29. The van der Waals surface area contributed by atoms with Crippen LogP contribution in [0.15, 0.2) is 0 Å². The largest absolute Gasteiger partial charge is 0.466 e. The summed E-state index contributed by atoms with van der Waals surface area (Å²) in [7, 11) is 0. The van der Waals surface area contributed by atoms with Gasteiger partial charge in [0.25, 0.3) is 0 Å². The maximum Gasteiger partial charge on any atom is 0.389 e. The Morgan fingerprint density at radius 3 is 1.33 bits per heavy atom. The van der Waals surface area contributed by atoms with Gasteiger partial charge in [0.1, 0.15) is 6.29 Å². The third-order valence-corrected chi connectivity index (χ3v) is 12.2. The fourth-order valence-corrected chi connectivity index (χ4v) is 8.81. The van der Waals surface area contributed by atoms with Crippen molar-refractivity contribution in [3.63, 3.8) is 0 Å². The highest BCUT2D eigenvalue weighted by molar-refractivity contribution is 5.72. The highest BCUT2D eigenvalue weighted by Crippen LogP contribution is 2.41. The molecule has 0 aromatic rings. The van der Waals surface area contributed by atoms with Crippen molar-refractivity contribution in [1.29, 1.82) is 15.8 Å². The number of nitriles is 3. The van der Waals surface area contributed by atoms with Crippen LogP contribution < -0.4 is 0 Å². The minimum Gasteiger partial charge on any atom is -0.466 e. The molecule has 0 heterocycles. The summed E-state index contributed by atoms with van der Waals surface area (Å²) < 4.78 is 116. The van der Waals surface area contributed by atoms with E-state index in [9.17, 15) is 54.4 Å². The van der Waals surface area contributed by atoms with Crippen LogP contribution in [0.1, 0.15) is 142 Å². The number of aldehydes is 1. The van der Waals surface area contributed by atoms with E-state index in [-0.39, 0.29) is 74.0 Å². The molecule has 0 bridgehead atoms. The summed E-state index contributed by atoms with van der Waals surface area (Å²) in [6.45, 7) is 23.5. The molecule has 0 radical (unpaired) electrons. The molecule has 3 saturated carbocycles. The van der Waals surface area contributed by atoms with E-state index < -0.39 is 73.7 Å². The number of carbonyl (C=O) groups is 2. The molecule has 0 saturated heterocycles. The predicted molar refractivity (Wildman–Crippen MR) is 211 cm³/mol. The number of ether oxygens (including phenoxy) is 1. The van der Waals surface area contributed by atoms with Gasteiger partial charge in [0.2, 0.25) is 0 Å². The average Bonchev–Trinajstić information content (AvgIpc) is 3.25. The summed E-state index contributed by atoms with van der Waals surface area (Å²) in [4.78, 5) is 32.2. The molecule has 10 nitrogen and oxygen atoms in total. The molecule has 1 N–H and O–H groups in total. The second-order valence-electron chi connectivity index (χ2n) is 17.2. The van der Waals surface area contributed by atoms with Gasteiger partial charge in [0.15, 0.2) is 18.2 Å². The Bertz CT molecular complexity index is 1650. The average molecular weight is 905 g/mol. The van der Waals surface area contributed by atoms with Crippen molar-refractivity contribution in [2.75, 3.05) is 13.2 Å². The fourth-order valence-electron chi connectivity index (χ4n) is 8.81. The van der Waals surface area contributed by atoms with Crippen LogP contribution in [0.5, 0.6) is 0 Å². The standard InChI is InChI=1S/C16H21F3N2O2.C14H19F3N2O.C14H17F3N2O/c1-3-23-14(22)13-6-4-5-12(9-13)10-15(11-20,21-2)7-8-16(17,18)19;2*1-19-13(10-18,5-6-14(15,16)17)8-11-3-2-4-12(7-11)9-20/h12-13H,3-10H2,1H3;11-12,20H,2-9H2;9,11-12H,2-8H2/t12-,13+,15?;2*11-,12+,13?/m000/s1. The Morgan fingerprint density at radius 2 is 0.984 bits per heavy atom. The molecule has 0 aromatic carbocycles. The molecule has 9 atom stereocenters. The first-order valence-corrected chi connectivity index (χ1v) is 21.3. The fraction of sp³-hybridized carbons (Fsp3) is 0.818. The molecule has 0 aromatic heterocycles. The van der Waals surface area contributed by atoms with E-state index in [1.54, 1.807) is 25.1 Å². The van der Waals surface area contributed by atoms with E-state index in [4.69, 9.17) is 40.1 Å². The number of hydrogen-bond donors (Lipinski definition) is 1. The lowest BCUT2D eigenvalue weighted by atomic mass is 9.74. The van der Waals surface area contributed by atoms with Crippen LogP contribution in [-0.2, 0) is 14.3 Å². The van der Waals surface area contributed by atoms with Gasteiger partial charge in [-0.15, -0.1) is 0 Å². The third kappa shape index (κ3) is 21.6. The molecule has 63 heavy (non-hydrogen) atoms. The molecule has 3 fully saturated rings. The van der Waals surface area contributed by atoms with E-state index in [2.05, 4.69) is 14.5 Å². The molecule has 0 amide bonds. The number of rotatable bonds is 16. The van der Waals surface area contributed by atoms with Gasteiger partial charge in [-0.3, -0.25) is 19.3 Å². The van der Waals surface area contributed by atoms with Gasteiger partial charge in [-0.05, 0) is 69.1 Å². The number of halogens is 9. The second kappa shape index (κ2) is 26.3. The first-order valence-electron chi connectivity index (χ1n) is 21.3.